The van der Waals surface area contributed by atoms with Gasteiger partial charge in [-0.15, -0.1) is 0 Å². The number of nitrogens with two attached hydrogens (primary N) is 2. The van der Waals surface area contributed by atoms with E-state index in [9.17, 15) is 4.79 Å². The molecule has 1 aromatic carbocycles. The summed E-state index contributed by atoms with van der Waals surface area (Å²) >= 11 is 0. The van der Waals surface area contributed by atoms with Crippen LogP contribution in [0.4, 0.5) is 0 Å². The molecule has 0 aliphatic carbocycles. The summed E-state index contributed by atoms with van der Waals surface area (Å²) < 4.78 is 0. The molecule has 3 heteroatoms. The van der Waals surface area contributed by atoms with Crippen LogP contribution >= 0.6 is 0 Å². The minimum absolute atomic E-state index is 0.288. The van der Waals surface area contributed by atoms with Crippen molar-refractivity contribution in [1.29, 1.82) is 0 Å². The summed E-state index contributed by atoms with van der Waals surface area (Å²) in [5, 5.41) is 0. The van der Waals surface area contributed by atoms with Gasteiger partial charge in [0.25, 0.3) is 0 Å². The fraction of sp³-hybridized carbons (Fsp3) is 0.364. The quantitative estimate of drug-likeness (QED) is 0.738. The molecule has 0 aromatic heterocycles. The number of benzene rings is 1. The van der Waals surface area contributed by atoms with Crippen LogP contribution in [-0.2, 0) is 24.2 Å². The van der Waals surface area contributed by atoms with E-state index in [1.807, 2.05) is 18.2 Å². The van der Waals surface area contributed by atoms with Crippen molar-refractivity contribution in [2.45, 2.75) is 26.3 Å². The van der Waals surface area contributed by atoms with Gasteiger partial charge in [0.2, 0.25) is 5.91 Å². The van der Waals surface area contributed by atoms with Crippen molar-refractivity contribution in [3.8, 4) is 0 Å². The lowest BCUT2D eigenvalue weighted by Gasteiger charge is -2.10. The molecule has 0 fully saturated rings. The first-order chi connectivity index (χ1) is 6.69. The molecule has 0 aliphatic heterocycles. The van der Waals surface area contributed by atoms with Crippen LogP contribution in [0.15, 0.2) is 18.2 Å². The molecule has 0 atom stereocenters. The van der Waals surface area contributed by atoms with Crippen molar-refractivity contribution in [2.75, 3.05) is 0 Å². The Morgan fingerprint density at radius 3 is 2.50 bits per heavy atom. The number of carbonyl (C=O) groups excluding carboxylic acids is 1. The van der Waals surface area contributed by atoms with Crippen molar-refractivity contribution in [2.24, 2.45) is 11.5 Å². The summed E-state index contributed by atoms with van der Waals surface area (Å²) in [6.07, 6.45) is 1.19. The van der Waals surface area contributed by atoms with E-state index in [0.717, 1.165) is 23.1 Å². The van der Waals surface area contributed by atoms with Gasteiger partial charge in [-0.2, -0.15) is 0 Å². The van der Waals surface area contributed by atoms with Gasteiger partial charge in [-0.1, -0.05) is 25.1 Å². The SMILES string of the molecule is CCc1cccc(CN)c1CC(N)=O. The van der Waals surface area contributed by atoms with Crippen molar-refractivity contribution >= 4 is 5.91 Å². The van der Waals surface area contributed by atoms with Gasteiger partial charge in [-0.3, -0.25) is 4.79 Å². The Kier molecular flexibility index (Phi) is 3.65. The lowest BCUT2D eigenvalue weighted by Crippen LogP contribution is -2.17. The topological polar surface area (TPSA) is 69.1 Å². The highest BCUT2D eigenvalue weighted by molar-refractivity contribution is 5.77. The average molecular weight is 192 g/mol. The third-order valence-corrected chi connectivity index (χ3v) is 2.32. The monoisotopic (exact) mass is 192 g/mol. The Morgan fingerprint density at radius 1 is 1.36 bits per heavy atom. The van der Waals surface area contributed by atoms with Gasteiger partial charge < -0.3 is 11.5 Å². The number of carbonyl (C=O) groups is 1. The number of hydrogen-bond donors (Lipinski definition) is 2. The zero-order chi connectivity index (χ0) is 10.6. The van der Waals surface area contributed by atoms with E-state index < -0.39 is 0 Å². The summed E-state index contributed by atoms with van der Waals surface area (Å²) in [5.41, 5.74) is 14.0. The van der Waals surface area contributed by atoms with Crippen LogP contribution < -0.4 is 11.5 Å². The van der Waals surface area contributed by atoms with Crippen LogP contribution in [-0.4, -0.2) is 5.91 Å². The molecule has 0 heterocycles. The Labute approximate surface area is 84.1 Å². The molecule has 0 spiro atoms. The average Bonchev–Trinajstić information content (AvgIpc) is 2.17. The number of aryl methyl sites for hydroxylation is 1. The van der Waals surface area contributed by atoms with Gasteiger partial charge in [-0.25, -0.2) is 0 Å². The third kappa shape index (κ3) is 2.33. The molecule has 0 unspecified atom stereocenters. The molecule has 0 bridgehead atoms. The smallest absolute Gasteiger partial charge is 0.221 e. The molecule has 4 N–H and O–H groups in total. The van der Waals surface area contributed by atoms with E-state index in [2.05, 4.69) is 6.92 Å². The van der Waals surface area contributed by atoms with Gasteiger partial charge in [-0.05, 0) is 23.1 Å². The minimum atomic E-state index is -0.305. The molecule has 0 radical (unpaired) electrons. The van der Waals surface area contributed by atoms with E-state index in [1.165, 1.54) is 0 Å². The minimum Gasteiger partial charge on any atom is -0.369 e. The highest BCUT2D eigenvalue weighted by Crippen LogP contribution is 2.15. The van der Waals surface area contributed by atoms with Gasteiger partial charge >= 0.3 is 0 Å². The molecule has 1 amide bonds. The van der Waals surface area contributed by atoms with Crippen molar-refractivity contribution in [3.05, 3.63) is 34.9 Å². The van der Waals surface area contributed by atoms with Crippen LogP contribution in [0.25, 0.3) is 0 Å². The van der Waals surface area contributed by atoms with E-state index in [-0.39, 0.29) is 12.3 Å². The molecule has 0 saturated carbocycles. The number of hydrogen-bond acceptors (Lipinski definition) is 2. The second-order valence-corrected chi connectivity index (χ2v) is 3.26. The van der Waals surface area contributed by atoms with E-state index in [4.69, 9.17) is 11.5 Å². The molecular weight excluding hydrogens is 176 g/mol. The second kappa shape index (κ2) is 4.77. The van der Waals surface area contributed by atoms with Gasteiger partial charge in [0.15, 0.2) is 0 Å². The fourth-order valence-corrected chi connectivity index (χ4v) is 1.61. The Morgan fingerprint density at radius 2 is 2.00 bits per heavy atom. The van der Waals surface area contributed by atoms with Crippen LogP contribution in [0.5, 0.6) is 0 Å². The summed E-state index contributed by atoms with van der Waals surface area (Å²) in [6.45, 7) is 2.51. The summed E-state index contributed by atoms with van der Waals surface area (Å²) in [6, 6.07) is 5.92. The largest absolute Gasteiger partial charge is 0.369 e. The lowest BCUT2D eigenvalue weighted by atomic mass is 9.96. The van der Waals surface area contributed by atoms with Gasteiger partial charge in [0, 0.05) is 6.54 Å². The maximum Gasteiger partial charge on any atom is 0.221 e. The number of primary amides is 1. The molecule has 1 rings (SSSR count). The standard InChI is InChI=1S/C11H16N2O/c1-2-8-4-3-5-9(7-12)10(8)6-11(13)14/h3-5H,2,6-7,12H2,1H3,(H2,13,14). The predicted octanol–water partition coefficient (Wildman–Crippen LogP) is 0.736. The highest BCUT2D eigenvalue weighted by atomic mass is 16.1. The fourth-order valence-electron chi connectivity index (χ4n) is 1.61. The van der Waals surface area contributed by atoms with Crippen LogP contribution in [0.3, 0.4) is 0 Å². The van der Waals surface area contributed by atoms with E-state index >= 15 is 0 Å². The lowest BCUT2D eigenvalue weighted by molar-refractivity contribution is -0.117. The molecule has 1 aromatic rings. The molecule has 76 valence electrons. The second-order valence-electron chi connectivity index (χ2n) is 3.26. The van der Waals surface area contributed by atoms with E-state index in [0.29, 0.717) is 6.54 Å². The van der Waals surface area contributed by atoms with Gasteiger partial charge in [0.05, 0.1) is 6.42 Å². The zero-order valence-electron chi connectivity index (χ0n) is 8.42. The van der Waals surface area contributed by atoms with Crippen molar-refractivity contribution in [1.82, 2.24) is 0 Å². The Balaban J connectivity index is 3.12. The molecule has 0 saturated heterocycles. The Hall–Kier alpha value is -1.35. The molecular formula is C11H16N2O. The number of rotatable bonds is 4. The zero-order valence-corrected chi connectivity index (χ0v) is 8.42. The Bertz CT molecular complexity index is 312. The first kappa shape index (κ1) is 10.7. The van der Waals surface area contributed by atoms with Crippen LogP contribution in [0.1, 0.15) is 23.6 Å². The van der Waals surface area contributed by atoms with Gasteiger partial charge in [0.1, 0.15) is 0 Å². The maximum absolute atomic E-state index is 10.9. The van der Waals surface area contributed by atoms with Crippen LogP contribution in [0.2, 0.25) is 0 Å². The first-order valence-corrected chi connectivity index (χ1v) is 4.77. The number of amides is 1. The first-order valence-electron chi connectivity index (χ1n) is 4.77. The summed E-state index contributed by atoms with van der Waals surface area (Å²) in [7, 11) is 0. The maximum atomic E-state index is 10.9. The summed E-state index contributed by atoms with van der Waals surface area (Å²) in [5.74, 6) is -0.305. The molecule has 14 heavy (non-hydrogen) atoms. The predicted molar refractivity (Wildman–Crippen MR) is 56.6 cm³/mol. The summed E-state index contributed by atoms with van der Waals surface area (Å²) in [4.78, 5) is 10.9. The molecule has 3 nitrogen and oxygen atoms in total. The molecule has 0 aliphatic rings. The third-order valence-electron chi connectivity index (χ3n) is 2.32. The van der Waals surface area contributed by atoms with Crippen LogP contribution in [0, 0.1) is 0 Å². The van der Waals surface area contributed by atoms with Crippen molar-refractivity contribution < 1.29 is 4.79 Å². The highest BCUT2D eigenvalue weighted by Gasteiger charge is 2.08. The van der Waals surface area contributed by atoms with E-state index in [1.54, 1.807) is 0 Å². The van der Waals surface area contributed by atoms with Crippen molar-refractivity contribution in [3.63, 3.8) is 0 Å². The normalized spacial score (nSPS) is 10.1.